The summed E-state index contributed by atoms with van der Waals surface area (Å²) < 4.78 is 91.3. The molecular weight excluding hydrogens is 519 g/mol. The number of rotatable bonds is 8. The van der Waals surface area contributed by atoms with E-state index < -0.39 is 44.2 Å². The van der Waals surface area contributed by atoms with Crippen molar-refractivity contribution in [3.05, 3.63) is 83.9 Å². The molecule has 192 valence electrons. The van der Waals surface area contributed by atoms with Crippen LogP contribution in [0.15, 0.2) is 77.7 Å². The molecule has 0 aliphatic carbocycles. The summed E-state index contributed by atoms with van der Waals surface area (Å²) in [6.07, 6.45) is -3.66. The lowest BCUT2D eigenvalue weighted by molar-refractivity contribution is -0.137. The van der Waals surface area contributed by atoms with Gasteiger partial charge in [-0.3, -0.25) is 13.8 Å². The molecule has 0 heterocycles. The molecule has 3 rings (SSSR count). The molecule has 8 nitrogen and oxygen atoms in total. The third kappa shape index (κ3) is 6.98. The Morgan fingerprint density at radius 2 is 1.53 bits per heavy atom. The van der Waals surface area contributed by atoms with Crippen LogP contribution in [0, 0.1) is 6.92 Å². The van der Waals surface area contributed by atoms with Crippen molar-refractivity contribution in [2.75, 3.05) is 27.1 Å². The Kier molecular flexibility index (Phi) is 7.65. The first-order valence-corrected chi connectivity index (χ1v) is 13.6. The number of halogens is 3. The van der Waals surface area contributed by atoms with Gasteiger partial charge in [-0.25, -0.2) is 16.8 Å². The van der Waals surface area contributed by atoms with Crippen molar-refractivity contribution < 1.29 is 34.8 Å². The van der Waals surface area contributed by atoms with E-state index in [1.165, 1.54) is 18.2 Å². The molecule has 0 fully saturated rings. The average Bonchev–Trinajstić information content (AvgIpc) is 2.76. The van der Waals surface area contributed by atoms with Crippen LogP contribution in [0.4, 0.5) is 30.2 Å². The molecule has 1 amide bonds. The zero-order valence-electron chi connectivity index (χ0n) is 19.1. The number of hydrogen-bond acceptors (Lipinski definition) is 5. The molecule has 0 saturated heterocycles. The molecule has 13 heteroatoms. The number of amides is 1. The summed E-state index contributed by atoms with van der Waals surface area (Å²) in [7, 11) is -7.99. The van der Waals surface area contributed by atoms with Crippen molar-refractivity contribution in [2.24, 2.45) is 0 Å². The molecule has 0 aliphatic heterocycles. The Morgan fingerprint density at radius 1 is 0.889 bits per heavy atom. The highest BCUT2D eigenvalue weighted by Gasteiger charge is 2.30. The van der Waals surface area contributed by atoms with Crippen LogP contribution in [0.2, 0.25) is 0 Å². The number of nitrogens with zero attached hydrogens (tertiary/aromatic N) is 1. The van der Waals surface area contributed by atoms with Gasteiger partial charge in [0.05, 0.1) is 22.4 Å². The van der Waals surface area contributed by atoms with E-state index in [1.54, 1.807) is 31.2 Å². The van der Waals surface area contributed by atoms with E-state index in [4.69, 9.17) is 0 Å². The maximum absolute atomic E-state index is 12.9. The van der Waals surface area contributed by atoms with Gasteiger partial charge in [0, 0.05) is 11.4 Å². The van der Waals surface area contributed by atoms with Crippen molar-refractivity contribution in [2.45, 2.75) is 18.0 Å². The number of aryl methyl sites for hydroxylation is 1. The fourth-order valence-corrected chi connectivity index (χ4v) is 5.10. The Hall–Kier alpha value is -3.58. The van der Waals surface area contributed by atoms with Gasteiger partial charge in [-0.1, -0.05) is 18.2 Å². The van der Waals surface area contributed by atoms with Crippen LogP contribution in [-0.2, 0) is 31.0 Å². The van der Waals surface area contributed by atoms with Gasteiger partial charge in [0.2, 0.25) is 15.9 Å². The number of hydrogen-bond donors (Lipinski definition) is 2. The number of alkyl halides is 3. The number of benzene rings is 3. The van der Waals surface area contributed by atoms with Crippen molar-refractivity contribution in [1.82, 2.24) is 0 Å². The second-order valence-corrected chi connectivity index (χ2v) is 11.5. The zero-order chi connectivity index (χ0) is 26.7. The van der Waals surface area contributed by atoms with Gasteiger partial charge in [-0.05, 0) is 67.1 Å². The number of nitrogens with one attached hydrogen (secondary N) is 2. The lowest BCUT2D eigenvalue weighted by atomic mass is 10.2. The SMILES string of the molecule is Cc1cccc(N(CC(=O)Nc2ccc(S(=O)(=O)Nc3cccc(C(F)(F)F)c3)cc2)S(C)(=O)=O)c1. The van der Waals surface area contributed by atoms with E-state index in [9.17, 15) is 34.8 Å². The van der Waals surface area contributed by atoms with Crippen molar-refractivity contribution in [3.8, 4) is 0 Å². The predicted molar refractivity (Wildman–Crippen MR) is 131 cm³/mol. The first kappa shape index (κ1) is 27.0. The van der Waals surface area contributed by atoms with Crippen molar-refractivity contribution >= 4 is 43.0 Å². The summed E-state index contributed by atoms with van der Waals surface area (Å²) in [6.45, 7) is 1.26. The van der Waals surface area contributed by atoms with Gasteiger partial charge in [-0.15, -0.1) is 0 Å². The summed E-state index contributed by atoms with van der Waals surface area (Å²) in [4.78, 5) is 12.3. The van der Waals surface area contributed by atoms with E-state index in [0.29, 0.717) is 11.8 Å². The van der Waals surface area contributed by atoms with Gasteiger partial charge in [0.25, 0.3) is 10.0 Å². The van der Waals surface area contributed by atoms with Crippen LogP contribution in [0.25, 0.3) is 0 Å². The van der Waals surface area contributed by atoms with Crippen LogP contribution in [-0.4, -0.2) is 35.5 Å². The summed E-state index contributed by atoms with van der Waals surface area (Å²) in [5.41, 5.74) is 0.0383. The highest BCUT2D eigenvalue weighted by molar-refractivity contribution is 7.92. The molecule has 2 N–H and O–H groups in total. The molecule has 0 aliphatic rings. The summed E-state index contributed by atoms with van der Waals surface area (Å²) in [5, 5.41) is 2.50. The lowest BCUT2D eigenvalue weighted by Gasteiger charge is -2.22. The fourth-order valence-electron chi connectivity index (χ4n) is 3.20. The molecular formula is C23H22F3N3O5S2. The van der Waals surface area contributed by atoms with E-state index >= 15 is 0 Å². The summed E-state index contributed by atoms with van der Waals surface area (Å²) >= 11 is 0. The molecule has 0 radical (unpaired) electrons. The summed E-state index contributed by atoms with van der Waals surface area (Å²) in [5.74, 6) is -0.667. The Labute approximate surface area is 206 Å². The third-order valence-electron chi connectivity index (χ3n) is 4.87. The summed E-state index contributed by atoms with van der Waals surface area (Å²) in [6, 6.07) is 15.2. The maximum atomic E-state index is 12.9. The quantitative estimate of drug-likeness (QED) is 0.444. The minimum atomic E-state index is -4.63. The first-order valence-electron chi connectivity index (χ1n) is 10.3. The van der Waals surface area contributed by atoms with Crippen molar-refractivity contribution in [3.63, 3.8) is 0 Å². The topological polar surface area (TPSA) is 113 Å². The minimum absolute atomic E-state index is 0.190. The minimum Gasteiger partial charge on any atom is -0.325 e. The van der Waals surface area contributed by atoms with Gasteiger partial charge < -0.3 is 5.32 Å². The fraction of sp³-hybridized carbons (Fsp3) is 0.174. The molecule has 0 saturated carbocycles. The molecule has 3 aromatic rings. The first-order chi connectivity index (χ1) is 16.6. The molecule has 0 bridgehead atoms. The number of carbonyl (C=O) groups is 1. The third-order valence-corrected chi connectivity index (χ3v) is 7.41. The normalized spacial score (nSPS) is 12.1. The number of anilines is 3. The molecule has 0 atom stereocenters. The average molecular weight is 542 g/mol. The largest absolute Gasteiger partial charge is 0.416 e. The molecule has 36 heavy (non-hydrogen) atoms. The molecule has 0 unspecified atom stereocenters. The van der Waals surface area contributed by atoms with Crippen LogP contribution < -0.4 is 14.3 Å². The second-order valence-electron chi connectivity index (χ2n) is 7.87. The van der Waals surface area contributed by atoms with Crippen LogP contribution in [0.1, 0.15) is 11.1 Å². The van der Waals surface area contributed by atoms with E-state index in [2.05, 4.69) is 10.0 Å². The second kappa shape index (κ2) is 10.2. The Bertz CT molecular complexity index is 1470. The smallest absolute Gasteiger partial charge is 0.325 e. The highest BCUT2D eigenvalue weighted by Crippen LogP contribution is 2.31. The standard InChI is InChI=1S/C23H22F3N3O5S2/c1-16-5-3-8-20(13-16)29(35(2,31)32)15-22(30)27-18-9-11-21(12-10-18)36(33,34)28-19-7-4-6-17(14-19)23(24,25)26/h3-14,28H,15H2,1-2H3,(H,27,30). The van der Waals surface area contributed by atoms with Gasteiger partial charge in [0.15, 0.2) is 0 Å². The highest BCUT2D eigenvalue weighted by atomic mass is 32.2. The predicted octanol–water partition coefficient (Wildman–Crippen LogP) is 4.22. The van der Waals surface area contributed by atoms with Crippen LogP contribution >= 0.6 is 0 Å². The van der Waals surface area contributed by atoms with Crippen molar-refractivity contribution in [1.29, 1.82) is 0 Å². The van der Waals surface area contributed by atoms with Gasteiger partial charge >= 0.3 is 6.18 Å². The van der Waals surface area contributed by atoms with Crippen LogP contribution in [0.3, 0.4) is 0 Å². The number of sulfonamides is 2. The lowest BCUT2D eigenvalue weighted by Crippen LogP contribution is -2.37. The Morgan fingerprint density at radius 3 is 2.11 bits per heavy atom. The number of carbonyl (C=O) groups excluding carboxylic acids is 1. The molecule has 0 spiro atoms. The Balaban J connectivity index is 1.72. The van der Waals surface area contributed by atoms with Gasteiger partial charge in [0.1, 0.15) is 6.54 Å². The monoisotopic (exact) mass is 541 g/mol. The van der Waals surface area contributed by atoms with E-state index in [0.717, 1.165) is 40.4 Å². The van der Waals surface area contributed by atoms with Crippen LogP contribution in [0.5, 0.6) is 0 Å². The van der Waals surface area contributed by atoms with E-state index in [-0.39, 0.29) is 16.3 Å². The maximum Gasteiger partial charge on any atom is 0.416 e. The molecule has 0 aromatic heterocycles. The zero-order valence-corrected chi connectivity index (χ0v) is 20.7. The van der Waals surface area contributed by atoms with E-state index in [1.807, 2.05) is 0 Å². The van der Waals surface area contributed by atoms with Gasteiger partial charge in [-0.2, -0.15) is 13.2 Å². The molecule has 3 aromatic carbocycles.